The number of hydrogen-bond donors (Lipinski definition) is 1. The van der Waals surface area contributed by atoms with Gasteiger partial charge in [0.25, 0.3) is 6.09 Å². The third kappa shape index (κ3) is 5.00. The van der Waals surface area contributed by atoms with Crippen LogP contribution in [0.5, 0.6) is 0 Å². The summed E-state index contributed by atoms with van der Waals surface area (Å²) in [7, 11) is 0. The van der Waals surface area contributed by atoms with Gasteiger partial charge in [-0.1, -0.05) is 6.58 Å². The molecular formula is C6H11FN2. The molecule has 1 N–H and O–H groups in total. The Kier molecular flexibility index (Phi) is 3.67. The molecule has 0 radical (unpaired) electrons. The van der Waals surface area contributed by atoms with Gasteiger partial charge < -0.3 is 5.32 Å². The van der Waals surface area contributed by atoms with Crippen LogP contribution in [0.3, 0.4) is 0 Å². The summed E-state index contributed by atoms with van der Waals surface area (Å²) in [5.74, 6) is 0. The van der Waals surface area contributed by atoms with E-state index in [9.17, 15) is 4.39 Å². The highest BCUT2D eigenvalue weighted by Gasteiger charge is 1.91. The minimum Gasteiger partial charge on any atom is -0.323 e. The van der Waals surface area contributed by atoms with Gasteiger partial charge in [-0.15, -0.1) is 0 Å². The van der Waals surface area contributed by atoms with E-state index in [0.717, 1.165) is 0 Å². The maximum atomic E-state index is 12.2. The highest BCUT2D eigenvalue weighted by Crippen LogP contribution is 1.86. The summed E-state index contributed by atoms with van der Waals surface area (Å²) in [4.78, 5) is 3.53. The Morgan fingerprint density at radius 2 is 2.33 bits per heavy atom. The molecule has 0 unspecified atom stereocenters. The zero-order chi connectivity index (χ0) is 7.28. The molecule has 0 heterocycles. The Balaban J connectivity index is 3.68. The fourth-order valence-corrected chi connectivity index (χ4v) is 0.348. The quantitative estimate of drug-likeness (QED) is 0.341. The molecule has 9 heavy (non-hydrogen) atoms. The van der Waals surface area contributed by atoms with Gasteiger partial charge in [0.05, 0.1) is 0 Å². The maximum absolute atomic E-state index is 12.2. The summed E-state index contributed by atoms with van der Waals surface area (Å²) in [6.07, 6.45) is 0.668. The Morgan fingerprint density at radius 3 is 2.67 bits per heavy atom. The summed E-state index contributed by atoms with van der Waals surface area (Å²) in [6, 6.07) is -0.0163. The van der Waals surface area contributed by atoms with Crippen molar-refractivity contribution in [3.8, 4) is 0 Å². The minimum absolute atomic E-state index is 0.0163. The Bertz CT molecular complexity index is 118. The molecule has 0 aromatic heterocycles. The van der Waals surface area contributed by atoms with Gasteiger partial charge in [-0.05, 0) is 20.0 Å². The van der Waals surface area contributed by atoms with E-state index in [1.807, 2.05) is 0 Å². The summed E-state index contributed by atoms with van der Waals surface area (Å²) in [5.41, 5.74) is 0. The summed E-state index contributed by atoms with van der Waals surface area (Å²) < 4.78 is 12.2. The van der Waals surface area contributed by atoms with Crippen molar-refractivity contribution in [3.05, 3.63) is 12.8 Å². The van der Waals surface area contributed by atoms with E-state index in [0.29, 0.717) is 0 Å². The van der Waals surface area contributed by atoms with Gasteiger partial charge >= 0.3 is 0 Å². The molecule has 0 bridgehead atoms. The molecule has 0 saturated heterocycles. The Labute approximate surface area is 54.5 Å². The van der Waals surface area contributed by atoms with Gasteiger partial charge in [-0.25, -0.2) is 4.99 Å². The lowest BCUT2D eigenvalue weighted by Gasteiger charge is -1.96. The van der Waals surface area contributed by atoms with Crippen molar-refractivity contribution in [3.63, 3.8) is 0 Å². The summed E-state index contributed by atoms with van der Waals surface area (Å²) >= 11 is 0. The van der Waals surface area contributed by atoms with Crippen LogP contribution in [0, 0.1) is 0 Å². The molecule has 0 aromatic carbocycles. The largest absolute Gasteiger partial charge is 0.323 e. The molecule has 0 aliphatic heterocycles. The second kappa shape index (κ2) is 4.06. The molecule has 0 amide bonds. The van der Waals surface area contributed by atoms with Gasteiger partial charge in [0.1, 0.15) is 0 Å². The zero-order valence-corrected chi connectivity index (χ0v) is 5.69. The number of aliphatic imine (C=N–C) groups is 1. The number of amidine groups is 1. The van der Waals surface area contributed by atoms with E-state index in [2.05, 4.69) is 16.9 Å². The van der Waals surface area contributed by atoms with Crippen LogP contribution in [-0.2, 0) is 0 Å². The molecule has 0 aliphatic rings. The van der Waals surface area contributed by atoms with Gasteiger partial charge in [0, 0.05) is 6.04 Å². The number of nitrogens with one attached hydrogen (secondary N) is 1. The van der Waals surface area contributed by atoms with Crippen LogP contribution < -0.4 is 5.32 Å². The molecule has 2 nitrogen and oxygen atoms in total. The molecule has 0 atom stereocenters. The van der Waals surface area contributed by atoms with Crippen molar-refractivity contribution >= 4 is 6.09 Å². The Morgan fingerprint density at radius 1 is 1.78 bits per heavy atom. The van der Waals surface area contributed by atoms with E-state index in [1.54, 1.807) is 13.8 Å². The van der Waals surface area contributed by atoms with Crippen LogP contribution >= 0.6 is 0 Å². The lowest BCUT2D eigenvalue weighted by Crippen LogP contribution is -2.12. The molecular weight excluding hydrogens is 119 g/mol. The van der Waals surface area contributed by atoms with Crippen molar-refractivity contribution in [2.75, 3.05) is 0 Å². The minimum atomic E-state index is -0.583. The molecule has 0 rings (SSSR count). The second-order valence-corrected chi connectivity index (χ2v) is 1.86. The molecule has 0 aliphatic carbocycles. The summed E-state index contributed by atoms with van der Waals surface area (Å²) in [5, 5.41) is 2.22. The number of hydrogen-bond acceptors (Lipinski definition) is 1. The highest BCUT2D eigenvalue weighted by molar-refractivity contribution is 5.73. The van der Waals surface area contributed by atoms with Crippen LogP contribution in [0.4, 0.5) is 4.39 Å². The number of nitrogens with zero attached hydrogens (tertiary/aromatic N) is 1. The first kappa shape index (κ1) is 8.14. The lowest BCUT2D eigenvalue weighted by molar-refractivity contribution is 0.715. The third-order valence-electron chi connectivity index (χ3n) is 0.593. The topological polar surface area (TPSA) is 24.4 Å². The van der Waals surface area contributed by atoms with E-state index in [-0.39, 0.29) is 6.04 Å². The molecule has 0 fully saturated rings. The SMILES string of the molecule is C=CN/C(F)=N\C(C)C. The molecule has 3 heteroatoms. The predicted molar refractivity (Wildman–Crippen MR) is 37.0 cm³/mol. The van der Waals surface area contributed by atoms with Crippen LogP contribution in [0.25, 0.3) is 0 Å². The number of rotatable bonds is 2. The monoisotopic (exact) mass is 130 g/mol. The van der Waals surface area contributed by atoms with Crippen molar-refractivity contribution in [1.82, 2.24) is 5.32 Å². The van der Waals surface area contributed by atoms with Crippen molar-refractivity contribution < 1.29 is 4.39 Å². The summed E-state index contributed by atoms with van der Waals surface area (Å²) in [6.45, 7) is 6.87. The van der Waals surface area contributed by atoms with Gasteiger partial charge in [0.2, 0.25) is 0 Å². The smallest absolute Gasteiger partial charge is 0.282 e. The van der Waals surface area contributed by atoms with E-state index in [1.165, 1.54) is 6.20 Å². The highest BCUT2D eigenvalue weighted by atomic mass is 19.1. The average Bonchev–Trinajstić information content (AvgIpc) is 1.63. The zero-order valence-electron chi connectivity index (χ0n) is 5.69. The van der Waals surface area contributed by atoms with Crippen LogP contribution in [0.2, 0.25) is 0 Å². The van der Waals surface area contributed by atoms with Crippen LogP contribution in [-0.4, -0.2) is 12.1 Å². The molecule has 0 aromatic rings. The van der Waals surface area contributed by atoms with E-state index in [4.69, 9.17) is 0 Å². The molecule has 0 saturated carbocycles. The van der Waals surface area contributed by atoms with Crippen LogP contribution in [0.15, 0.2) is 17.8 Å². The second-order valence-electron chi connectivity index (χ2n) is 1.86. The molecule has 52 valence electrons. The molecule has 0 spiro atoms. The fraction of sp³-hybridized carbons (Fsp3) is 0.500. The lowest BCUT2D eigenvalue weighted by atomic mass is 10.4. The normalized spacial score (nSPS) is 11.8. The Hall–Kier alpha value is -0.860. The van der Waals surface area contributed by atoms with Crippen molar-refractivity contribution in [2.45, 2.75) is 19.9 Å². The predicted octanol–water partition coefficient (Wildman–Crippen LogP) is 1.45. The standard InChI is InChI=1S/C6H11FN2/c1-4-8-6(7)9-5(2)3/h4-5H,1H2,2-3H3,(H,8,9). The first-order valence-corrected chi connectivity index (χ1v) is 2.77. The third-order valence-corrected chi connectivity index (χ3v) is 0.593. The van der Waals surface area contributed by atoms with Crippen molar-refractivity contribution in [1.29, 1.82) is 0 Å². The van der Waals surface area contributed by atoms with Gasteiger partial charge in [-0.2, -0.15) is 4.39 Å². The van der Waals surface area contributed by atoms with Crippen molar-refractivity contribution in [2.24, 2.45) is 4.99 Å². The van der Waals surface area contributed by atoms with Crippen LogP contribution in [0.1, 0.15) is 13.8 Å². The average molecular weight is 130 g/mol. The number of halogens is 1. The first-order chi connectivity index (χ1) is 4.16. The maximum Gasteiger partial charge on any atom is 0.282 e. The van der Waals surface area contributed by atoms with Gasteiger partial charge in [0.15, 0.2) is 0 Å². The first-order valence-electron chi connectivity index (χ1n) is 2.77. The van der Waals surface area contributed by atoms with E-state index >= 15 is 0 Å². The van der Waals surface area contributed by atoms with E-state index < -0.39 is 6.09 Å². The van der Waals surface area contributed by atoms with Gasteiger partial charge in [-0.3, -0.25) is 0 Å². The fourth-order valence-electron chi connectivity index (χ4n) is 0.348.